The molecule has 0 N–H and O–H groups in total. The molecule has 0 aliphatic carbocycles. The highest BCUT2D eigenvalue weighted by atomic mass is 32.2. The molecule has 0 unspecified atom stereocenters. The third kappa shape index (κ3) is 7.64. The zero-order valence-electron chi connectivity index (χ0n) is 9.09. The molecule has 0 aliphatic rings. The third-order valence-corrected chi connectivity index (χ3v) is 3.82. The molecular formula is C8H14O6S2. The van der Waals surface area contributed by atoms with Crippen LogP contribution in [0, 0.1) is 11.8 Å². The zero-order chi connectivity index (χ0) is 12.7. The van der Waals surface area contributed by atoms with Gasteiger partial charge in [-0.25, -0.2) is 0 Å². The minimum atomic E-state index is -3.50. The van der Waals surface area contributed by atoms with Crippen molar-refractivity contribution in [3.05, 3.63) is 0 Å². The van der Waals surface area contributed by atoms with E-state index in [1.54, 1.807) is 0 Å². The van der Waals surface area contributed by atoms with Gasteiger partial charge in [0.25, 0.3) is 20.2 Å². The summed E-state index contributed by atoms with van der Waals surface area (Å²) in [7, 11) is -7.00. The van der Waals surface area contributed by atoms with Crippen LogP contribution in [-0.2, 0) is 28.6 Å². The fourth-order valence-corrected chi connectivity index (χ4v) is 1.32. The van der Waals surface area contributed by atoms with Crippen molar-refractivity contribution >= 4 is 20.2 Å². The number of hydrogen-bond donors (Lipinski definition) is 0. The molecule has 0 heterocycles. The quantitative estimate of drug-likeness (QED) is 0.487. The molecule has 0 rings (SSSR count). The van der Waals surface area contributed by atoms with Crippen LogP contribution in [0.1, 0.15) is 13.8 Å². The summed E-state index contributed by atoms with van der Waals surface area (Å²) in [4.78, 5) is 0. The first-order valence-electron chi connectivity index (χ1n) is 4.53. The van der Waals surface area contributed by atoms with Crippen LogP contribution >= 0.6 is 0 Å². The van der Waals surface area contributed by atoms with Gasteiger partial charge in [0.2, 0.25) is 0 Å². The molecule has 0 aromatic rings. The summed E-state index contributed by atoms with van der Waals surface area (Å²) in [5.74, 6) is 4.40. The van der Waals surface area contributed by atoms with Crippen LogP contribution in [0.5, 0.6) is 0 Å². The van der Waals surface area contributed by atoms with Gasteiger partial charge in [0, 0.05) is 0 Å². The van der Waals surface area contributed by atoms with Crippen LogP contribution in [0.15, 0.2) is 0 Å². The minimum absolute atomic E-state index is 0.130. The first-order chi connectivity index (χ1) is 7.33. The van der Waals surface area contributed by atoms with Gasteiger partial charge in [0.1, 0.15) is 13.2 Å². The lowest BCUT2D eigenvalue weighted by Crippen LogP contribution is -2.09. The van der Waals surface area contributed by atoms with Gasteiger partial charge in [0.05, 0.1) is 11.5 Å². The Balaban J connectivity index is 3.90. The Bertz CT molecular complexity index is 408. The van der Waals surface area contributed by atoms with E-state index >= 15 is 0 Å². The molecule has 0 aromatic carbocycles. The maximum absolute atomic E-state index is 10.8. The van der Waals surface area contributed by atoms with Crippen molar-refractivity contribution in [2.45, 2.75) is 13.8 Å². The number of hydrogen-bond acceptors (Lipinski definition) is 6. The first-order valence-corrected chi connectivity index (χ1v) is 7.68. The molecule has 0 amide bonds. The van der Waals surface area contributed by atoms with Crippen molar-refractivity contribution < 1.29 is 25.2 Å². The highest BCUT2D eigenvalue weighted by molar-refractivity contribution is 7.86. The van der Waals surface area contributed by atoms with Gasteiger partial charge in [-0.1, -0.05) is 11.8 Å². The average molecular weight is 270 g/mol. The second-order valence-corrected chi connectivity index (χ2v) is 6.43. The maximum Gasteiger partial charge on any atom is 0.267 e. The van der Waals surface area contributed by atoms with Gasteiger partial charge in [0.15, 0.2) is 0 Å². The van der Waals surface area contributed by atoms with Gasteiger partial charge in [-0.15, -0.1) is 0 Å². The van der Waals surface area contributed by atoms with E-state index in [2.05, 4.69) is 20.2 Å². The van der Waals surface area contributed by atoms with Crippen molar-refractivity contribution in [2.75, 3.05) is 24.7 Å². The molecule has 16 heavy (non-hydrogen) atoms. The Morgan fingerprint density at radius 2 is 1.12 bits per heavy atom. The van der Waals surface area contributed by atoms with Crippen LogP contribution in [-0.4, -0.2) is 41.6 Å². The summed E-state index contributed by atoms with van der Waals surface area (Å²) in [5, 5.41) is 0. The lowest BCUT2D eigenvalue weighted by Gasteiger charge is -1.97. The summed E-state index contributed by atoms with van der Waals surface area (Å²) in [6.07, 6.45) is 0. The molecule has 6 nitrogen and oxygen atoms in total. The van der Waals surface area contributed by atoms with Crippen LogP contribution in [0.4, 0.5) is 0 Å². The van der Waals surface area contributed by atoms with E-state index in [-0.39, 0.29) is 24.7 Å². The summed E-state index contributed by atoms with van der Waals surface area (Å²) < 4.78 is 52.1. The molecule has 8 heteroatoms. The van der Waals surface area contributed by atoms with E-state index in [1.807, 2.05) is 0 Å². The third-order valence-electron chi connectivity index (χ3n) is 1.45. The summed E-state index contributed by atoms with van der Waals surface area (Å²) >= 11 is 0. The first kappa shape index (κ1) is 15.4. The van der Waals surface area contributed by atoms with Crippen molar-refractivity contribution in [2.24, 2.45) is 0 Å². The molecule has 0 saturated heterocycles. The monoisotopic (exact) mass is 270 g/mol. The Kier molecular flexibility index (Phi) is 6.59. The molecular weight excluding hydrogens is 256 g/mol. The maximum atomic E-state index is 10.8. The molecule has 0 saturated carbocycles. The SMILES string of the molecule is CCS(=O)(=O)OCC#CCOS(=O)(=O)CC. The summed E-state index contributed by atoms with van der Waals surface area (Å²) in [5.41, 5.74) is 0. The van der Waals surface area contributed by atoms with Gasteiger partial charge in [-0.05, 0) is 13.8 Å². The van der Waals surface area contributed by atoms with Gasteiger partial charge >= 0.3 is 0 Å². The van der Waals surface area contributed by atoms with Crippen LogP contribution in [0.25, 0.3) is 0 Å². The van der Waals surface area contributed by atoms with E-state index < -0.39 is 20.2 Å². The normalized spacial score (nSPS) is 11.9. The molecule has 0 radical (unpaired) electrons. The van der Waals surface area contributed by atoms with Crippen LogP contribution in [0.2, 0.25) is 0 Å². The molecule has 0 fully saturated rings. The molecule has 0 spiro atoms. The predicted octanol–water partition coefficient (Wildman–Crippen LogP) is -0.278. The molecule has 0 bridgehead atoms. The fraction of sp³-hybridized carbons (Fsp3) is 0.750. The largest absolute Gasteiger partial charge is 0.267 e. The lowest BCUT2D eigenvalue weighted by molar-refractivity contribution is 0.356. The lowest BCUT2D eigenvalue weighted by atomic mass is 10.6. The second-order valence-electron chi connectivity index (χ2n) is 2.57. The summed E-state index contributed by atoms with van der Waals surface area (Å²) in [6.45, 7) is 2.29. The van der Waals surface area contributed by atoms with E-state index in [1.165, 1.54) is 13.8 Å². The van der Waals surface area contributed by atoms with Gasteiger partial charge < -0.3 is 0 Å². The molecule has 0 atom stereocenters. The second kappa shape index (κ2) is 6.85. The van der Waals surface area contributed by atoms with Crippen molar-refractivity contribution in [1.82, 2.24) is 0 Å². The Morgan fingerprint density at radius 3 is 1.38 bits per heavy atom. The average Bonchev–Trinajstić information content (AvgIpc) is 2.23. The molecule has 0 aliphatic heterocycles. The summed E-state index contributed by atoms with van der Waals surface area (Å²) in [6, 6.07) is 0. The molecule has 0 aromatic heterocycles. The fourth-order valence-electron chi connectivity index (χ4n) is 0.507. The van der Waals surface area contributed by atoms with Gasteiger partial charge in [-0.2, -0.15) is 16.8 Å². The highest BCUT2D eigenvalue weighted by Crippen LogP contribution is 1.91. The van der Waals surface area contributed by atoms with E-state index in [9.17, 15) is 16.8 Å². The topological polar surface area (TPSA) is 86.7 Å². The standard InChI is InChI=1S/C8H14O6S2/c1-3-15(9,10)13-7-5-6-8-14-16(11,12)4-2/h3-4,7-8H2,1-2H3. The van der Waals surface area contributed by atoms with E-state index in [0.717, 1.165) is 0 Å². The molecule has 94 valence electrons. The Labute approximate surface area is 96.2 Å². The smallest absolute Gasteiger partial charge is 0.257 e. The zero-order valence-corrected chi connectivity index (χ0v) is 10.7. The van der Waals surface area contributed by atoms with Crippen LogP contribution < -0.4 is 0 Å². The van der Waals surface area contributed by atoms with Crippen molar-refractivity contribution in [1.29, 1.82) is 0 Å². The van der Waals surface area contributed by atoms with E-state index in [0.29, 0.717) is 0 Å². The van der Waals surface area contributed by atoms with Crippen LogP contribution in [0.3, 0.4) is 0 Å². The van der Waals surface area contributed by atoms with Gasteiger partial charge in [-0.3, -0.25) is 8.37 Å². The highest BCUT2D eigenvalue weighted by Gasteiger charge is 2.05. The minimum Gasteiger partial charge on any atom is -0.257 e. The predicted molar refractivity (Wildman–Crippen MR) is 58.6 cm³/mol. The van der Waals surface area contributed by atoms with Crippen molar-refractivity contribution in [3.63, 3.8) is 0 Å². The Hall–Kier alpha value is -0.620. The number of rotatable bonds is 6. The Morgan fingerprint density at radius 1 is 0.812 bits per heavy atom. The van der Waals surface area contributed by atoms with Crippen molar-refractivity contribution in [3.8, 4) is 11.8 Å². The van der Waals surface area contributed by atoms with E-state index in [4.69, 9.17) is 0 Å².